The third kappa shape index (κ3) is 3.18. The lowest BCUT2D eigenvalue weighted by Gasteiger charge is -2.25. The minimum Gasteiger partial charge on any atom is -0.396 e. The number of hydrogen-bond donors (Lipinski definition) is 2. The van der Waals surface area contributed by atoms with Crippen molar-refractivity contribution in [1.82, 2.24) is 0 Å². The Hall–Kier alpha value is -1.13. The van der Waals surface area contributed by atoms with Crippen molar-refractivity contribution in [3.05, 3.63) is 29.6 Å². The molecule has 0 unspecified atom stereocenters. The normalized spacial score (nSPS) is 10.5. The van der Waals surface area contributed by atoms with Crippen LogP contribution in [-0.2, 0) is 6.61 Å². The van der Waals surface area contributed by atoms with Crippen molar-refractivity contribution in [1.29, 1.82) is 0 Å². The van der Waals surface area contributed by atoms with Crippen LogP contribution in [0.5, 0.6) is 0 Å². The first-order valence-electron chi connectivity index (χ1n) is 5.48. The molecule has 0 aliphatic carbocycles. The van der Waals surface area contributed by atoms with E-state index in [1.165, 1.54) is 12.1 Å². The first kappa shape index (κ1) is 12.9. The van der Waals surface area contributed by atoms with E-state index in [0.29, 0.717) is 18.5 Å². The van der Waals surface area contributed by atoms with Crippen LogP contribution < -0.4 is 4.90 Å². The number of anilines is 1. The third-order valence-corrected chi connectivity index (χ3v) is 2.52. The zero-order valence-electron chi connectivity index (χ0n) is 9.49. The summed E-state index contributed by atoms with van der Waals surface area (Å²) in [7, 11) is 0. The van der Waals surface area contributed by atoms with Gasteiger partial charge in [-0.25, -0.2) is 4.39 Å². The van der Waals surface area contributed by atoms with Crippen LogP contribution in [0.25, 0.3) is 0 Å². The predicted molar refractivity (Wildman–Crippen MR) is 61.9 cm³/mol. The van der Waals surface area contributed by atoms with Gasteiger partial charge in [-0.1, -0.05) is 0 Å². The summed E-state index contributed by atoms with van der Waals surface area (Å²) in [6, 6.07) is 4.40. The van der Waals surface area contributed by atoms with E-state index in [4.69, 9.17) is 10.2 Å². The first-order valence-corrected chi connectivity index (χ1v) is 5.48. The second-order valence-electron chi connectivity index (χ2n) is 3.59. The van der Waals surface area contributed by atoms with Gasteiger partial charge in [0.2, 0.25) is 0 Å². The van der Waals surface area contributed by atoms with Crippen molar-refractivity contribution in [3.63, 3.8) is 0 Å². The Morgan fingerprint density at radius 3 is 2.62 bits per heavy atom. The number of hydrogen-bond acceptors (Lipinski definition) is 3. The van der Waals surface area contributed by atoms with Gasteiger partial charge in [-0.05, 0) is 31.5 Å². The summed E-state index contributed by atoms with van der Waals surface area (Å²) >= 11 is 0. The minimum absolute atomic E-state index is 0.131. The summed E-state index contributed by atoms with van der Waals surface area (Å²) in [5.41, 5.74) is 1.42. The van der Waals surface area contributed by atoms with Crippen LogP contribution in [0.3, 0.4) is 0 Å². The van der Waals surface area contributed by atoms with Gasteiger partial charge in [0.1, 0.15) is 5.82 Å². The van der Waals surface area contributed by atoms with Gasteiger partial charge in [0, 0.05) is 30.9 Å². The second kappa shape index (κ2) is 6.45. The maximum Gasteiger partial charge on any atom is 0.123 e. The lowest BCUT2D eigenvalue weighted by Crippen LogP contribution is -2.25. The highest BCUT2D eigenvalue weighted by Gasteiger charge is 2.09. The predicted octanol–water partition coefficient (Wildman–Crippen LogP) is 1.53. The molecule has 4 heteroatoms. The second-order valence-corrected chi connectivity index (χ2v) is 3.59. The van der Waals surface area contributed by atoms with Crippen LogP contribution in [0.2, 0.25) is 0 Å². The quantitative estimate of drug-likeness (QED) is 0.774. The van der Waals surface area contributed by atoms with Crippen molar-refractivity contribution in [2.75, 3.05) is 24.6 Å². The number of rotatable bonds is 6. The summed E-state index contributed by atoms with van der Waals surface area (Å²) in [4.78, 5) is 2.02. The average Bonchev–Trinajstić information content (AvgIpc) is 2.31. The van der Waals surface area contributed by atoms with Gasteiger partial charge in [0.15, 0.2) is 0 Å². The molecule has 0 spiro atoms. The molecule has 3 nitrogen and oxygen atoms in total. The fourth-order valence-corrected chi connectivity index (χ4v) is 1.70. The molecule has 1 aromatic rings. The zero-order chi connectivity index (χ0) is 12.0. The lowest BCUT2D eigenvalue weighted by atomic mass is 10.1. The van der Waals surface area contributed by atoms with E-state index in [9.17, 15) is 4.39 Å². The molecular formula is C12H18FNO2. The molecule has 0 amide bonds. The van der Waals surface area contributed by atoms with Gasteiger partial charge in [-0.15, -0.1) is 0 Å². The standard InChI is InChI=1S/C12H18FNO2/c1-2-14(6-3-7-15)12-5-4-11(13)8-10(12)9-16/h4-5,8,15-16H,2-3,6-7,9H2,1H3. The number of aliphatic hydroxyl groups is 2. The Morgan fingerprint density at radius 2 is 2.06 bits per heavy atom. The maximum absolute atomic E-state index is 13.0. The number of aliphatic hydroxyl groups excluding tert-OH is 2. The van der Waals surface area contributed by atoms with Gasteiger partial charge in [0.25, 0.3) is 0 Å². The molecule has 0 saturated carbocycles. The Kier molecular flexibility index (Phi) is 5.22. The van der Waals surface area contributed by atoms with Crippen molar-refractivity contribution < 1.29 is 14.6 Å². The van der Waals surface area contributed by atoms with E-state index < -0.39 is 0 Å². The fourth-order valence-electron chi connectivity index (χ4n) is 1.70. The van der Waals surface area contributed by atoms with Crippen LogP contribution in [-0.4, -0.2) is 29.9 Å². The highest BCUT2D eigenvalue weighted by molar-refractivity contribution is 5.53. The highest BCUT2D eigenvalue weighted by Crippen LogP contribution is 2.21. The van der Waals surface area contributed by atoms with E-state index in [1.54, 1.807) is 6.07 Å². The van der Waals surface area contributed by atoms with E-state index in [2.05, 4.69) is 0 Å². The molecule has 0 aromatic heterocycles. The number of halogens is 1. The maximum atomic E-state index is 13.0. The topological polar surface area (TPSA) is 43.7 Å². The summed E-state index contributed by atoms with van der Waals surface area (Å²) in [5, 5.41) is 18.0. The summed E-state index contributed by atoms with van der Waals surface area (Å²) in [6.07, 6.45) is 0.663. The summed E-state index contributed by atoms with van der Waals surface area (Å²) in [6.45, 7) is 3.40. The molecule has 16 heavy (non-hydrogen) atoms. The molecule has 0 atom stereocenters. The molecule has 0 aliphatic rings. The van der Waals surface area contributed by atoms with Crippen molar-refractivity contribution in [2.24, 2.45) is 0 Å². The van der Waals surface area contributed by atoms with E-state index in [-0.39, 0.29) is 19.0 Å². The van der Waals surface area contributed by atoms with Crippen LogP contribution in [0.15, 0.2) is 18.2 Å². The van der Waals surface area contributed by atoms with Gasteiger partial charge in [-0.2, -0.15) is 0 Å². The Balaban J connectivity index is 2.90. The fraction of sp³-hybridized carbons (Fsp3) is 0.500. The van der Waals surface area contributed by atoms with Gasteiger partial charge in [-0.3, -0.25) is 0 Å². The number of nitrogens with zero attached hydrogens (tertiary/aromatic N) is 1. The Labute approximate surface area is 95.1 Å². The first-order chi connectivity index (χ1) is 7.72. The molecule has 0 bridgehead atoms. The molecule has 0 heterocycles. The number of benzene rings is 1. The lowest BCUT2D eigenvalue weighted by molar-refractivity contribution is 0.280. The average molecular weight is 227 g/mol. The highest BCUT2D eigenvalue weighted by atomic mass is 19.1. The monoisotopic (exact) mass is 227 g/mol. The van der Waals surface area contributed by atoms with Gasteiger partial charge < -0.3 is 15.1 Å². The van der Waals surface area contributed by atoms with Crippen LogP contribution in [0, 0.1) is 5.82 Å². The van der Waals surface area contributed by atoms with Crippen LogP contribution in [0.4, 0.5) is 10.1 Å². The van der Waals surface area contributed by atoms with Crippen molar-refractivity contribution in [2.45, 2.75) is 20.0 Å². The molecular weight excluding hydrogens is 209 g/mol. The third-order valence-electron chi connectivity index (χ3n) is 2.52. The SMILES string of the molecule is CCN(CCCO)c1ccc(F)cc1CO. The molecule has 90 valence electrons. The molecule has 1 aromatic carbocycles. The van der Waals surface area contributed by atoms with E-state index in [0.717, 1.165) is 12.2 Å². The van der Waals surface area contributed by atoms with Crippen molar-refractivity contribution in [3.8, 4) is 0 Å². The van der Waals surface area contributed by atoms with Gasteiger partial charge in [0.05, 0.1) is 6.61 Å². The smallest absolute Gasteiger partial charge is 0.123 e. The Bertz CT molecular complexity index is 331. The molecule has 1 rings (SSSR count). The van der Waals surface area contributed by atoms with E-state index in [1.807, 2.05) is 11.8 Å². The molecule has 0 fully saturated rings. The largest absolute Gasteiger partial charge is 0.396 e. The minimum atomic E-state index is -0.342. The summed E-state index contributed by atoms with van der Waals surface area (Å²) in [5.74, 6) is -0.342. The molecule has 0 aliphatic heterocycles. The van der Waals surface area contributed by atoms with Crippen LogP contribution in [0.1, 0.15) is 18.9 Å². The summed E-state index contributed by atoms with van der Waals surface area (Å²) < 4.78 is 13.0. The Morgan fingerprint density at radius 1 is 1.31 bits per heavy atom. The van der Waals surface area contributed by atoms with E-state index >= 15 is 0 Å². The molecule has 0 saturated heterocycles. The molecule has 2 N–H and O–H groups in total. The van der Waals surface area contributed by atoms with Gasteiger partial charge >= 0.3 is 0 Å². The molecule has 0 radical (unpaired) electrons. The van der Waals surface area contributed by atoms with Crippen LogP contribution >= 0.6 is 0 Å². The van der Waals surface area contributed by atoms with Crippen molar-refractivity contribution >= 4 is 5.69 Å². The zero-order valence-corrected chi connectivity index (χ0v) is 9.49.